The van der Waals surface area contributed by atoms with E-state index in [1.807, 2.05) is 12.1 Å². The molecule has 3 rings (SSSR count). The zero-order valence-electron chi connectivity index (χ0n) is 14.9. The fraction of sp³-hybridized carbons (Fsp3) is 0.353. The second-order valence-electron chi connectivity index (χ2n) is 6.55. The molecule has 1 aliphatic rings. The third-order valence-electron chi connectivity index (χ3n) is 4.40. The van der Waals surface area contributed by atoms with Crippen LogP contribution in [0.4, 0.5) is 11.5 Å². The first-order valence-corrected chi connectivity index (χ1v) is 11.9. The molecule has 0 unspecified atom stereocenters. The van der Waals surface area contributed by atoms with Crippen molar-refractivity contribution in [1.82, 2.24) is 4.98 Å². The minimum Gasteiger partial charge on any atom is -0.380 e. The monoisotopic (exact) mass is 410 g/mol. The Kier molecular flexibility index (Phi) is 5.41. The summed E-state index contributed by atoms with van der Waals surface area (Å²) < 4.78 is 47.1. The van der Waals surface area contributed by atoms with Crippen LogP contribution in [0.5, 0.6) is 0 Å². The van der Waals surface area contributed by atoms with Gasteiger partial charge in [0.05, 0.1) is 15.5 Å². The Morgan fingerprint density at radius 1 is 1.11 bits per heavy atom. The summed E-state index contributed by atoms with van der Waals surface area (Å²) in [6.07, 6.45) is 5.12. The lowest BCUT2D eigenvalue weighted by Crippen LogP contribution is -2.18. The van der Waals surface area contributed by atoms with Gasteiger partial charge < -0.3 is 10.2 Å². The summed E-state index contributed by atoms with van der Waals surface area (Å²) in [6.45, 7) is 2.38. The van der Waals surface area contributed by atoms with Gasteiger partial charge in [-0.25, -0.2) is 27.0 Å². The number of sulfone groups is 1. The highest BCUT2D eigenvalue weighted by Crippen LogP contribution is 2.25. The van der Waals surface area contributed by atoms with Crippen molar-refractivity contribution in [2.75, 3.05) is 29.6 Å². The number of pyridine rings is 1. The van der Waals surface area contributed by atoms with Crippen LogP contribution in [0.25, 0.3) is 0 Å². The van der Waals surface area contributed by atoms with Gasteiger partial charge in [-0.1, -0.05) is 6.07 Å². The normalized spacial score (nSPS) is 15.1. The fourth-order valence-corrected chi connectivity index (χ4v) is 4.48. The lowest BCUT2D eigenvalue weighted by atomic mass is 10.2. The van der Waals surface area contributed by atoms with Crippen LogP contribution in [-0.2, 0) is 26.4 Å². The van der Waals surface area contributed by atoms with Gasteiger partial charge in [-0.2, -0.15) is 0 Å². The first-order valence-electron chi connectivity index (χ1n) is 8.45. The summed E-state index contributed by atoms with van der Waals surface area (Å²) in [4.78, 5) is 6.33. The average Bonchev–Trinajstić information content (AvgIpc) is 3.13. The van der Waals surface area contributed by atoms with Gasteiger partial charge in [0.15, 0.2) is 9.84 Å². The number of hydrogen-bond donors (Lipinski definition) is 2. The number of anilines is 2. The zero-order chi connectivity index (χ0) is 19.7. The molecule has 146 valence electrons. The molecule has 0 atom stereocenters. The summed E-state index contributed by atoms with van der Waals surface area (Å²) in [5, 5.41) is 8.13. The molecule has 0 spiro atoms. The number of hydrogen-bond acceptors (Lipinski definition) is 7. The van der Waals surface area contributed by atoms with Crippen LogP contribution in [0.1, 0.15) is 18.4 Å². The molecule has 1 aromatic heterocycles. The quantitative estimate of drug-likeness (QED) is 0.737. The van der Waals surface area contributed by atoms with E-state index in [2.05, 4.69) is 15.2 Å². The molecule has 0 aliphatic carbocycles. The lowest BCUT2D eigenvalue weighted by Gasteiger charge is -2.16. The molecule has 2 heterocycles. The Bertz CT molecular complexity index is 1030. The van der Waals surface area contributed by atoms with Gasteiger partial charge in [0, 0.05) is 32.1 Å². The van der Waals surface area contributed by atoms with Gasteiger partial charge in [0.25, 0.3) is 0 Å². The molecule has 0 amide bonds. The Labute approximate surface area is 159 Å². The Morgan fingerprint density at radius 2 is 1.81 bits per heavy atom. The highest BCUT2D eigenvalue weighted by atomic mass is 32.2. The highest BCUT2D eigenvalue weighted by Gasteiger charge is 2.18. The van der Waals surface area contributed by atoms with E-state index in [-0.39, 0.29) is 9.79 Å². The third-order valence-corrected chi connectivity index (χ3v) is 6.45. The van der Waals surface area contributed by atoms with E-state index in [9.17, 15) is 16.8 Å². The maximum atomic E-state index is 12.0. The summed E-state index contributed by atoms with van der Waals surface area (Å²) in [5.41, 5.74) is 1.20. The molecule has 27 heavy (non-hydrogen) atoms. The molecule has 0 bridgehead atoms. The third kappa shape index (κ3) is 4.76. The molecule has 3 N–H and O–H groups in total. The maximum absolute atomic E-state index is 12.0. The number of nitrogens with zero attached hydrogens (tertiary/aromatic N) is 2. The van der Waals surface area contributed by atoms with Crippen LogP contribution < -0.4 is 15.4 Å². The first kappa shape index (κ1) is 19.6. The van der Waals surface area contributed by atoms with Crippen molar-refractivity contribution >= 4 is 31.4 Å². The molecule has 2 aromatic rings. The number of primary sulfonamides is 1. The fourth-order valence-electron chi connectivity index (χ4n) is 2.98. The number of nitrogens with two attached hydrogens (primary N) is 1. The summed E-state index contributed by atoms with van der Waals surface area (Å²) in [5.74, 6) is 0.936. The van der Waals surface area contributed by atoms with Crippen molar-refractivity contribution in [2.45, 2.75) is 29.2 Å². The lowest BCUT2D eigenvalue weighted by molar-refractivity contribution is 0.597. The van der Waals surface area contributed by atoms with Crippen LogP contribution in [0.3, 0.4) is 0 Å². The molecule has 1 fully saturated rings. The number of benzene rings is 1. The topological polar surface area (TPSA) is 122 Å². The van der Waals surface area contributed by atoms with E-state index >= 15 is 0 Å². The number of rotatable bonds is 6. The standard InChI is InChI=1S/C17H22N4O4S2/c1-26(22,23)16-10-14(27(18,24)25)5-6-15(16)19-11-13-4-7-17(20-12-13)21-8-2-3-9-21/h4-7,10,12,19H,2-3,8-9,11H2,1H3,(H2,18,24,25). The second-order valence-corrected chi connectivity index (χ2v) is 10.1. The average molecular weight is 411 g/mol. The van der Waals surface area contributed by atoms with Crippen LogP contribution in [0.2, 0.25) is 0 Å². The molecular weight excluding hydrogens is 388 g/mol. The van der Waals surface area contributed by atoms with Crippen LogP contribution in [-0.4, -0.2) is 41.2 Å². The Hall–Kier alpha value is -2.17. The predicted octanol–water partition coefficient (Wildman–Crippen LogP) is 1.34. The molecule has 8 nitrogen and oxygen atoms in total. The Morgan fingerprint density at radius 3 is 2.37 bits per heavy atom. The van der Waals surface area contributed by atoms with Crippen LogP contribution in [0, 0.1) is 0 Å². The minimum absolute atomic E-state index is 0.115. The van der Waals surface area contributed by atoms with Gasteiger partial charge in [0.2, 0.25) is 10.0 Å². The molecular formula is C17H22N4O4S2. The summed E-state index contributed by atoms with van der Waals surface area (Å²) in [7, 11) is -7.63. The zero-order valence-corrected chi connectivity index (χ0v) is 16.6. The first-order chi connectivity index (χ1) is 12.6. The van der Waals surface area contributed by atoms with Crippen molar-refractivity contribution in [3.63, 3.8) is 0 Å². The van der Waals surface area contributed by atoms with E-state index in [4.69, 9.17) is 5.14 Å². The second kappa shape index (κ2) is 7.45. The molecule has 1 aromatic carbocycles. The van der Waals surface area contributed by atoms with Crippen LogP contribution >= 0.6 is 0 Å². The SMILES string of the molecule is CS(=O)(=O)c1cc(S(N)(=O)=O)ccc1NCc1ccc(N2CCCC2)nc1. The maximum Gasteiger partial charge on any atom is 0.238 e. The van der Waals surface area contributed by atoms with Crippen molar-refractivity contribution in [3.8, 4) is 0 Å². The molecule has 10 heteroatoms. The van der Waals surface area contributed by atoms with Gasteiger partial charge in [-0.3, -0.25) is 0 Å². The summed E-state index contributed by atoms with van der Waals surface area (Å²) >= 11 is 0. The smallest absolute Gasteiger partial charge is 0.238 e. The van der Waals surface area contributed by atoms with Crippen molar-refractivity contribution in [2.24, 2.45) is 5.14 Å². The summed E-state index contributed by atoms with van der Waals surface area (Å²) in [6, 6.07) is 7.64. The molecule has 0 radical (unpaired) electrons. The van der Waals surface area contributed by atoms with E-state index in [0.29, 0.717) is 12.2 Å². The number of aromatic nitrogens is 1. The van der Waals surface area contributed by atoms with Crippen molar-refractivity contribution in [1.29, 1.82) is 0 Å². The number of nitrogens with one attached hydrogen (secondary N) is 1. The highest BCUT2D eigenvalue weighted by molar-refractivity contribution is 7.91. The molecule has 1 saturated heterocycles. The van der Waals surface area contributed by atoms with E-state index < -0.39 is 19.9 Å². The molecule has 1 aliphatic heterocycles. The molecule has 0 saturated carbocycles. The van der Waals surface area contributed by atoms with E-state index in [1.54, 1.807) is 6.20 Å². The largest absolute Gasteiger partial charge is 0.380 e. The van der Waals surface area contributed by atoms with E-state index in [1.165, 1.54) is 25.0 Å². The van der Waals surface area contributed by atoms with Crippen molar-refractivity contribution in [3.05, 3.63) is 42.1 Å². The van der Waals surface area contributed by atoms with E-state index in [0.717, 1.165) is 36.8 Å². The number of sulfonamides is 1. The van der Waals surface area contributed by atoms with Gasteiger partial charge in [0.1, 0.15) is 5.82 Å². The van der Waals surface area contributed by atoms with Gasteiger partial charge in [-0.15, -0.1) is 0 Å². The predicted molar refractivity (Wildman–Crippen MR) is 104 cm³/mol. The van der Waals surface area contributed by atoms with Gasteiger partial charge in [-0.05, 0) is 42.7 Å². The van der Waals surface area contributed by atoms with Crippen molar-refractivity contribution < 1.29 is 16.8 Å². The van der Waals surface area contributed by atoms with Crippen LogP contribution in [0.15, 0.2) is 46.3 Å². The van der Waals surface area contributed by atoms with Gasteiger partial charge >= 0.3 is 0 Å². The minimum atomic E-state index is -3.99. The Balaban J connectivity index is 1.79.